The second-order valence-corrected chi connectivity index (χ2v) is 3.05. The first-order valence-electron chi connectivity index (χ1n) is 4.28. The second kappa shape index (κ2) is 4.71. The lowest BCUT2D eigenvalue weighted by atomic mass is 10.3. The molecule has 1 aromatic rings. The third kappa shape index (κ3) is 2.29. The smallest absolute Gasteiger partial charge is 0.291 e. The summed E-state index contributed by atoms with van der Waals surface area (Å²) in [4.78, 5) is 17.0. The number of nitrogens with one attached hydrogen (secondary N) is 1. The first-order valence-corrected chi connectivity index (χ1v) is 4.28. The van der Waals surface area contributed by atoms with Gasteiger partial charge in [-0.2, -0.15) is 5.10 Å². The minimum Gasteiger partial charge on any atom is -0.383 e. The van der Waals surface area contributed by atoms with Crippen LogP contribution in [0, 0.1) is 0 Å². The summed E-state index contributed by atoms with van der Waals surface area (Å²) in [7, 11) is 3.30. The number of aromatic nitrogens is 3. The van der Waals surface area contributed by atoms with Crippen LogP contribution < -0.4 is 0 Å². The Labute approximate surface area is 82.3 Å². The Balaban J connectivity index is 2.61. The van der Waals surface area contributed by atoms with E-state index in [1.807, 2.05) is 6.92 Å². The molecule has 1 atom stereocenters. The molecule has 0 saturated heterocycles. The molecule has 0 aromatic carbocycles. The van der Waals surface area contributed by atoms with E-state index < -0.39 is 0 Å². The number of ether oxygens (including phenoxy) is 1. The number of amides is 1. The van der Waals surface area contributed by atoms with Gasteiger partial charge in [0.2, 0.25) is 5.82 Å². The van der Waals surface area contributed by atoms with Gasteiger partial charge in [0.25, 0.3) is 5.91 Å². The molecule has 0 spiro atoms. The van der Waals surface area contributed by atoms with Crippen LogP contribution in [-0.4, -0.2) is 52.8 Å². The lowest BCUT2D eigenvalue weighted by Crippen LogP contribution is -2.38. The monoisotopic (exact) mass is 198 g/mol. The minimum atomic E-state index is -0.188. The van der Waals surface area contributed by atoms with Crippen molar-refractivity contribution in [3.8, 4) is 0 Å². The zero-order valence-corrected chi connectivity index (χ0v) is 8.52. The third-order valence-electron chi connectivity index (χ3n) is 2.01. The van der Waals surface area contributed by atoms with Gasteiger partial charge in [0.05, 0.1) is 12.6 Å². The van der Waals surface area contributed by atoms with E-state index in [0.717, 1.165) is 0 Å². The van der Waals surface area contributed by atoms with E-state index in [4.69, 9.17) is 4.74 Å². The van der Waals surface area contributed by atoms with Crippen molar-refractivity contribution in [2.75, 3.05) is 20.8 Å². The number of rotatable bonds is 4. The van der Waals surface area contributed by atoms with Crippen LogP contribution in [0.3, 0.4) is 0 Å². The zero-order chi connectivity index (χ0) is 10.6. The van der Waals surface area contributed by atoms with Gasteiger partial charge < -0.3 is 9.64 Å². The molecule has 0 saturated carbocycles. The molecule has 0 radical (unpaired) electrons. The number of carbonyl (C=O) groups is 1. The molecule has 78 valence electrons. The number of aromatic amines is 1. The van der Waals surface area contributed by atoms with Crippen molar-refractivity contribution in [2.45, 2.75) is 13.0 Å². The average Bonchev–Trinajstić information content (AvgIpc) is 2.68. The quantitative estimate of drug-likeness (QED) is 0.734. The Hall–Kier alpha value is -1.43. The van der Waals surface area contributed by atoms with E-state index in [0.29, 0.717) is 6.61 Å². The molecule has 14 heavy (non-hydrogen) atoms. The fourth-order valence-electron chi connectivity index (χ4n) is 1.03. The van der Waals surface area contributed by atoms with Crippen LogP contribution in [0.25, 0.3) is 0 Å². The minimum absolute atomic E-state index is 0.0117. The molecule has 1 N–H and O–H groups in total. The number of hydrogen-bond acceptors (Lipinski definition) is 4. The Morgan fingerprint density at radius 2 is 2.50 bits per heavy atom. The Morgan fingerprint density at radius 3 is 3.00 bits per heavy atom. The topological polar surface area (TPSA) is 71.1 Å². The molecule has 0 aliphatic carbocycles. The normalized spacial score (nSPS) is 12.5. The predicted octanol–water partition coefficient (Wildman–Crippen LogP) is -0.0884. The van der Waals surface area contributed by atoms with Crippen LogP contribution in [0.5, 0.6) is 0 Å². The van der Waals surface area contributed by atoms with Crippen molar-refractivity contribution in [3.63, 3.8) is 0 Å². The van der Waals surface area contributed by atoms with Crippen LogP contribution >= 0.6 is 0 Å². The summed E-state index contributed by atoms with van der Waals surface area (Å²) in [5, 5.41) is 6.14. The van der Waals surface area contributed by atoms with Gasteiger partial charge in [-0.25, -0.2) is 4.98 Å². The molecule has 1 unspecified atom stereocenters. The van der Waals surface area contributed by atoms with Crippen molar-refractivity contribution < 1.29 is 9.53 Å². The van der Waals surface area contributed by atoms with Gasteiger partial charge in [-0.3, -0.25) is 9.89 Å². The molecule has 1 heterocycles. The van der Waals surface area contributed by atoms with Crippen LogP contribution in [0.1, 0.15) is 17.5 Å². The average molecular weight is 198 g/mol. The standard InChI is InChI=1S/C8H14N4O2/c1-6(4-14-3)12(2)8(13)7-9-5-10-11-7/h5-6H,4H2,1-3H3,(H,9,10,11). The lowest BCUT2D eigenvalue weighted by molar-refractivity contribution is 0.0622. The molecule has 0 bridgehead atoms. The van der Waals surface area contributed by atoms with E-state index in [1.54, 1.807) is 19.1 Å². The summed E-state index contributed by atoms with van der Waals surface area (Å²) in [6.45, 7) is 2.40. The van der Waals surface area contributed by atoms with E-state index in [9.17, 15) is 4.79 Å². The summed E-state index contributed by atoms with van der Waals surface area (Å²) >= 11 is 0. The van der Waals surface area contributed by atoms with Gasteiger partial charge in [-0.05, 0) is 6.92 Å². The SMILES string of the molecule is COCC(C)N(C)C(=O)c1ncn[nH]1. The van der Waals surface area contributed by atoms with Crippen LogP contribution in [-0.2, 0) is 4.74 Å². The summed E-state index contributed by atoms with van der Waals surface area (Å²) in [5.41, 5.74) is 0. The summed E-state index contributed by atoms with van der Waals surface area (Å²) in [6.07, 6.45) is 1.31. The van der Waals surface area contributed by atoms with Crippen molar-refractivity contribution in [2.24, 2.45) is 0 Å². The number of methoxy groups -OCH3 is 1. The van der Waals surface area contributed by atoms with Gasteiger partial charge >= 0.3 is 0 Å². The Bertz CT molecular complexity index is 286. The molecule has 0 fully saturated rings. The number of carbonyl (C=O) groups excluding carboxylic acids is 1. The highest BCUT2D eigenvalue weighted by Gasteiger charge is 2.19. The maximum Gasteiger partial charge on any atom is 0.291 e. The molecular weight excluding hydrogens is 184 g/mol. The van der Waals surface area contributed by atoms with Gasteiger partial charge in [-0.15, -0.1) is 0 Å². The zero-order valence-electron chi connectivity index (χ0n) is 8.52. The number of hydrogen-bond donors (Lipinski definition) is 1. The molecule has 6 nitrogen and oxygen atoms in total. The van der Waals surface area contributed by atoms with Gasteiger partial charge in [0.1, 0.15) is 6.33 Å². The fourth-order valence-corrected chi connectivity index (χ4v) is 1.03. The van der Waals surface area contributed by atoms with Gasteiger partial charge in [-0.1, -0.05) is 0 Å². The third-order valence-corrected chi connectivity index (χ3v) is 2.01. The van der Waals surface area contributed by atoms with Gasteiger partial charge in [0.15, 0.2) is 0 Å². The molecular formula is C8H14N4O2. The van der Waals surface area contributed by atoms with E-state index in [-0.39, 0.29) is 17.8 Å². The maximum absolute atomic E-state index is 11.7. The first-order chi connectivity index (χ1) is 6.66. The van der Waals surface area contributed by atoms with E-state index >= 15 is 0 Å². The van der Waals surface area contributed by atoms with Gasteiger partial charge in [0, 0.05) is 14.2 Å². The molecule has 1 amide bonds. The molecule has 0 aliphatic heterocycles. The highest BCUT2D eigenvalue weighted by molar-refractivity contribution is 5.90. The van der Waals surface area contributed by atoms with Crippen LogP contribution in [0.15, 0.2) is 6.33 Å². The summed E-state index contributed by atoms with van der Waals surface area (Å²) in [5.74, 6) is 0.0579. The number of H-pyrrole nitrogens is 1. The molecule has 0 aliphatic rings. The van der Waals surface area contributed by atoms with Crippen molar-refractivity contribution in [1.29, 1.82) is 0 Å². The second-order valence-electron chi connectivity index (χ2n) is 3.05. The summed E-state index contributed by atoms with van der Waals surface area (Å²) < 4.78 is 4.95. The predicted molar refractivity (Wildman–Crippen MR) is 49.8 cm³/mol. The maximum atomic E-state index is 11.7. The first kappa shape index (κ1) is 10.6. The molecule has 1 aromatic heterocycles. The highest BCUT2D eigenvalue weighted by atomic mass is 16.5. The number of nitrogens with zero attached hydrogens (tertiary/aromatic N) is 3. The van der Waals surface area contributed by atoms with Crippen molar-refractivity contribution in [1.82, 2.24) is 20.1 Å². The summed E-state index contributed by atoms with van der Waals surface area (Å²) in [6, 6.07) is 0.0117. The molecule has 6 heteroatoms. The van der Waals surface area contributed by atoms with Crippen LogP contribution in [0.2, 0.25) is 0 Å². The van der Waals surface area contributed by atoms with E-state index in [2.05, 4.69) is 15.2 Å². The van der Waals surface area contributed by atoms with Crippen LogP contribution in [0.4, 0.5) is 0 Å². The Morgan fingerprint density at radius 1 is 1.79 bits per heavy atom. The highest BCUT2D eigenvalue weighted by Crippen LogP contribution is 2.01. The van der Waals surface area contributed by atoms with E-state index in [1.165, 1.54) is 6.33 Å². The number of likely N-dealkylation sites (N-methyl/N-ethyl adjacent to an activating group) is 1. The molecule has 1 rings (SSSR count). The van der Waals surface area contributed by atoms with Crippen molar-refractivity contribution in [3.05, 3.63) is 12.2 Å². The lowest BCUT2D eigenvalue weighted by Gasteiger charge is -2.22. The Kier molecular flexibility index (Phi) is 3.58. The largest absolute Gasteiger partial charge is 0.383 e. The fraction of sp³-hybridized carbons (Fsp3) is 0.625. The van der Waals surface area contributed by atoms with Crippen molar-refractivity contribution >= 4 is 5.91 Å².